The zero-order valence-electron chi connectivity index (χ0n) is 11.2. The number of Topliss-reactive ketones (excluding diaryl/α,β-unsaturated/α-hetero) is 1. The molecule has 2 aromatic rings. The highest BCUT2D eigenvalue weighted by Gasteiger charge is 2.33. The molecule has 3 rings (SSSR count). The number of ketones is 1. The quantitative estimate of drug-likeness (QED) is 0.642. The van der Waals surface area contributed by atoms with E-state index in [0.717, 1.165) is 5.69 Å². The molecule has 3 nitrogen and oxygen atoms in total. The van der Waals surface area contributed by atoms with Gasteiger partial charge in [-0.1, -0.05) is 48.5 Å². The van der Waals surface area contributed by atoms with Crippen molar-refractivity contribution in [1.29, 1.82) is 0 Å². The van der Waals surface area contributed by atoms with Crippen LogP contribution in [-0.4, -0.2) is 16.9 Å². The molecule has 104 valence electrons. The third-order valence-electron chi connectivity index (χ3n) is 3.22. The summed E-state index contributed by atoms with van der Waals surface area (Å²) < 4.78 is 0. The van der Waals surface area contributed by atoms with Crippen LogP contribution in [0.4, 0.5) is 5.69 Å². The second kappa shape index (κ2) is 5.97. The normalized spacial score (nSPS) is 17.8. The Morgan fingerprint density at radius 2 is 1.57 bits per heavy atom. The number of amides is 1. The minimum absolute atomic E-state index is 0.157. The van der Waals surface area contributed by atoms with E-state index < -0.39 is 5.25 Å². The largest absolute Gasteiger partial charge is 0.292 e. The van der Waals surface area contributed by atoms with E-state index in [-0.39, 0.29) is 11.7 Å². The Bertz CT molecular complexity index is 682. The fourth-order valence-corrected chi connectivity index (χ4v) is 3.00. The Kier molecular flexibility index (Phi) is 3.88. The SMILES string of the molecule is O=C(c1ccccc1)C1SC=CN(c2ccccc2)C1=O. The van der Waals surface area contributed by atoms with Gasteiger partial charge in [0.2, 0.25) is 0 Å². The molecule has 1 aliphatic rings. The van der Waals surface area contributed by atoms with Gasteiger partial charge >= 0.3 is 0 Å². The number of para-hydroxylation sites is 1. The smallest absolute Gasteiger partial charge is 0.252 e. The molecule has 0 aromatic heterocycles. The molecule has 1 aliphatic heterocycles. The molecule has 1 heterocycles. The second-order valence-corrected chi connectivity index (χ2v) is 5.59. The Hall–Kier alpha value is -2.33. The van der Waals surface area contributed by atoms with Gasteiger partial charge in [-0.3, -0.25) is 14.5 Å². The monoisotopic (exact) mass is 295 g/mol. The lowest BCUT2D eigenvalue weighted by molar-refractivity contribution is -0.116. The van der Waals surface area contributed by atoms with Gasteiger partial charge in [0.15, 0.2) is 11.0 Å². The Labute approximate surface area is 127 Å². The van der Waals surface area contributed by atoms with Gasteiger partial charge in [0.05, 0.1) is 0 Å². The summed E-state index contributed by atoms with van der Waals surface area (Å²) in [5, 5.41) is 1.07. The molecule has 0 bridgehead atoms. The first-order valence-corrected chi connectivity index (χ1v) is 7.51. The highest BCUT2D eigenvalue weighted by atomic mass is 32.2. The number of thioether (sulfide) groups is 1. The third kappa shape index (κ3) is 2.76. The first-order chi connectivity index (χ1) is 10.3. The minimum Gasteiger partial charge on any atom is -0.292 e. The molecule has 2 aromatic carbocycles. The van der Waals surface area contributed by atoms with E-state index in [9.17, 15) is 9.59 Å². The van der Waals surface area contributed by atoms with Crippen LogP contribution in [0.15, 0.2) is 72.3 Å². The summed E-state index contributed by atoms with van der Waals surface area (Å²) in [6.45, 7) is 0. The van der Waals surface area contributed by atoms with E-state index in [4.69, 9.17) is 0 Å². The molecule has 0 saturated carbocycles. The molecule has 21 heavy (non-hydrogen) atoms. The number of hydrogen-bond donors (Lipinski definition) is 0. The molecule has 0 spiro atoms. The second-order valence-electron chi connectivity index (χ2n) is 4.58. The van der Waals surface area contributed by atoms with Gasteiger partial charge in [0, 0.05) is 17.5 Å². The summed E-state index contributed by atoms with van der Waals surface area (Å²) in [6.07, 6.45) is 1.71. The van der Waals surface area contributed by atoms with Crippen LogP contribution in [0.3, 0.4) is 0 Å². The Morgan fingerprint density at radius 1 is 0.952 bits per heavy atom. The van der Waals surface area contributed by atoms with Crippen LogP contribution < -0.4 is 4.90 Å². The van der Waals surface area contributed by atoms with Crippen LogP contribution in [-0.2, 0) is 4.79 Å². The van der Waals surface area contributed by atoms with Gasteiger partial charge in [-0.25, -0.2) is 0 Å². The van der Waals surface area contributed by atoms with Crippen LogP contribution in [0.5, 0.6) is 0 Å². The lowest BCUT2D eigenvalue weighted by Crippen LogP contribution is -2.40. The van der Waals surface area contributed by atoms with Gasteiger partial charge in [-0.05, 0) is 17.5 Å². The van der Waals surface area contributed by atoms with Gasteiger partial charge in [-0.2, -0.15) is 0 Å². The molecular formula is C17H13NO2S. The lowest BCUT2D eigenvalue weighted by atomic mass is 10.1. The van der Waals surface area contributed by atoms with Crippen molar-refractivity contribution in [3.63, 3.8) is 0 Å². The Morgan fingerprint density at radius 3 is 2.24 bits per heavy atom. The fourth-order valence-electron chi connectivity index (χ4n) is 2.16. The third-order valence-corrected chi connectivity index (χ3v) is 4.18. The molecule has 1 atom stereocenters. The number of carbonyl (C=O) groups is 2. The maximum absolute atomic E-state index is 12.6. The number of anilines is 1. The number of rotatable bonds is 3. The number of hydrogen-bond acceptors (Lipinski definition) is 3. The summed E-state index contributed by atoms with van der Waals surface area (Å²) in [6, 6.07) is 18.3. The van der Waals surface area contributed by atoms with Crippen LogP contribution >= 0.6 is 11.8 Å². The average Bonchev–Trinajstić information content (AvgIpc) is 2.56. The zero-order chi connectivity index (χ0) is 14.7. The van der Waals surface area contributed by atoms with Gasteiger partial charge in [0.25, 0.3) is 5.91 Å². The van der Waals surface area contributed by atoms with Crippen LogP contribution in [0.25, 0.3) is 0 Å². The van der Waals surface area contributed by atoms with Crippen LogP contribution in [0.1, 0.15) is 10.4 Å². The summed E-state index contributed by atoms with van der Waals surface area (Å²) >= 11 is 1.25. The number of carbonyl (C=O) groups excluding carboxylic acids is 2. The van der Waals surface area contributed by atoms with Gasteiger partial charge in [0.1, 0.15) is 0 Å². The van der Waals surface area contributed by atoms with Crippen molar-refractivity contribution in [2.24, 2.45) is 0 Å². The van der Waals surface area contributed by atoms with Crippen LogP contribution in [0, 0.1) is 0 Å². The van der Waals surface area contributed by atoms with Crippen molar-refractivity contribution < 1.29 is 9.59 Å². The average molecular weight is 295 g/mol. The van der Waals surface area contributed by atoms with E-state index in [1.54, 1.807) is 35.9 Å². The van der Waals surface area contributed by atoms with Crippen molar-refractivity contribution in [2.45, 2.75) is 5.25 Å². The van der Waals surface area contributed by atoms with E-state index >= 15 is 0 Å². The number of nitrogens with zero attached hydrogens (tertiary/aromatic N) is 1. The summed E-state index contributed by atoms with van der Waals surface area (Å²) in [5.74, 6) is -0.363. The first kappa shape index (κ1) is 13.6. The summed E-state index contributed by atoms with van der Waals surface area (Å²) in [5.41, 5.74) is 1.33. The lowest BCUT2D eigenvalue weighted by Gasteiger charge is -2.26. The van der Waals surface area contributed by atoms with E-state index in [0.29, 0.717) is 5.56 Å². The molecule has 0 N–H and O–H groups in total. The van der Waals surface area contributed by atoms with Crippen LogP contribution in [0.2, 0.25) is 0 Å². The first-order valence-electron chi connectivity index (χ1n) is 6.57. The summed E-state index contributed by atoms with van der Waals surface area (Å²) in [4.78, 5) is 26.6. The molecule has 4 heteroatoms. The standard InChI is InChI=1S/C17H13NO2S/c19-15(13-7-3-1-4-8-13)16-17(20)18(11-12-21-16)14-9-5-2-6-10-14/h1-12,16H. The molecule has 0 radical (unpaired) electrons. The van der Waals surface area contributed by atoms with Crippen molar-refractivity contribution in [1.82, 2.24) is 0 Å². The topological polar surface area (TPSA) is 37.4 Å². The van der Waals surface area contributed by atoms with Crippen molar-refractivity contribution in [3.8, 4) is 0 Å². The maximum atomic E-state index is 12.6. The fraction of sp³-hybridized carbons (Fsp3) is 0.0588. The molecule has 0 saturated heterocycles. The molecule has 1 amide bonds. The molecule has 1 unspecified atom stereocenters. The van der Waals surface area contributed by atoms with E-state index in [1.165, 1.54) is 16.7 Å². The highest BCUT2D eigenvalue weighted by Crippen LogP contribution is 2.28. The predicted octanol–water partition coefficient (Wildman–Crippen LogP) is 3.49. The van der Waals surface area contributed by atoms with Crippen molar-refractivity contribution >= 4 is 29.1 Å². The minimum atomic E-state index is -0.724. The van der Waals surface area contributed by atoms with E-state index in [2.05, 4.69) is 0 Å². The van der Waals surface area contributed by atoms with E-state index in [1.807, 2.05) is 36.4 Å². The zero-order valence-corrected chi connectivity index (χ0v) is 12.0. The van der Waals surface area contributed by atoms with Gasteiger partial charge in [-0.15, -0.1) is 11.8 Å². The van der Waals surface area contributed by atoms with Crippen molar-refractivity contribution in [3.05, 3.63) is 77.8 Å². The number of benzene rings is 2. The summed E-state index contributed by atoms with van der Waals surface area (Å²) in [7, 11) is 0. The molecule has 0 fully saturated rings. The predicted molar refractivity (Wildman–Crippen MR) is 85.2 cm³/mol. The Balaban J connectivity index is 1.88. The van der Waals surface area contributed by atoms with Gasteiger partial charge < -0.3 is 0 Å². The molecular weight excluding hydrogens is 282 g/mol. The molecule has 0 aliphatic carbocycles. The maximum Gasteiger partial charge on any atom is 0.252 e. The van der Waals surface area contributed by atoms with Crippen molar-refractivity contribution in [2.75, 3.05) is 4.90 Å². The highest BCUT2D eigenvalue weighted by molar-refractivity contribution is 8.04.